The maximum atomic E-state index is 13.9. The molecule has 40 heavy (non-hydrogen) atoms. The van der Waals surface area contributed by atoms with Gasteiger partial charge in [0.25, 0.3) is 5.91 Å². The van der Waals surface area contributed by atoms with Crippen LogP contribution in [0.5, 0.6) is 5.75 Å². The number of ketones is 2. The summed E-state index contributed by atoms with van der Waals surface area (Å²) in [5, 5.41) is 44.5. The van der Waals surface area contributed by atoms with Crippen molar-refractivity contribution in [3.63, 3.8) is 0 Å². The maximum absolute atomic E-state index is 13.9. The van der Waals surface area contributed by atoms with Gasteiger partial charge < -0.3 is 30.9 Å². The first-order valence-corrected chi connectivity index (χ1v) is 13.1. The molecule has 0 heterocycles. The number of rotatable bonds is 6. The van der Waals surface area contributed by atoms with Crippen molar-refractivity contribution in [3.05, 3.63) is 45.7 Å². The van der Waals surface area contributed by atoms with Gasteiger partial charge in [-0.25, -0.2) is 0 Å². The van der Waals surface area contributed by atoms with Gasteiger partial charge in [0.2, 0.25) is 5.78 Å². The number of esters is 1. The summed E-state index contributed by atoms with van der Waals surface area (Å²) in [6.07, 6.45) is 0.471. The van der Waals surface area contributed by atoms with Crippen molar-refractivity contribution >= 4 is 29.2 Å². The third kappa shape index (κ3) is 4.66. The van der Waals surface area contributed by atoms with Gasteiger partial charge in [-0.2, -0.15) is 0 Å². The molecule has 0 radical (unpaired) electrons. The Kier molecular flexibility index (Phi) is 7.35. The van der Waals surface area contributed by atoms with Crippen LogP contribution in [-0.2, 0) is 36.8 Å². The van der Waals surface area contributed by atoms with Crippen molar-refractivity contribution in [3.8, 4) is 5.75 Å². The average molecular weight is 557 g/mol. The highest BCUT2D eigenvalue weighted by molar-refractivity contribution is 6.24. The Labute approximate surface area is 231 Å². The Morgan fingerprint density at radius 1 is 1.15 bits per heavy atom. The Bertz CT molecular complexity index is 1370. The van der Waals surface area contributed by atoms with Crippen LogP contribution in [0, 0.1) is 17.3 Å². The van der Waals surface area contributed by atoms with Crippen molar-refractivity contribution in [1.82, 2.24) is 4.90 Å². The van der Waals surface area contributed by atoms with Crippen LogP contribution in [-0.4, -0.2) is 81.1 Å². The number of likely N-dealkylation sites (N-methyl/N-ethyl adjacent to an activating group) is 1. The molecule has 3 aliphatic carbocycles. The Hall–Kier alpha value is -3.70. The average Bonchev–Trinajstić information content (AvgIpc) is 2.83. The van der Waals surface area contributed by atoms with Crippen LogP contribution in [0.1, 0.15) is 50.3 Å². The van der Waals surface area contributed by atoms with E-state index in [1.165, 1.54) is 11.0 Å². The Morgan fingerprint density at radius 2 is 1.80 bits per heavy atom. The zero-order valence-electron chi connectivity index (χ0n) is 23.3. The van der Waals surface area contributed by atoms with E-state index in [1.54, 1.807) is 20.2 Å². The molecule has 0 spiro atoms. The van der Waals surface area contributed by atoms with E-state index in [0.29, 0.717) is 11.1 Å². The van der Waals surface area contributed by atoms with Crippen molar-refractivity contribution in [2.24, 2.45) is 23.0 Å². The third-order valence-electron chi connectivity index (χ3n) is 7.97. The summed E-state index contributed by atoms with van der Waals surface area (Å²) in [6.45, 7) is 6.09. The molecule has 6 N–H and O–H groups in total. The normalized spacial score (nSPS) is 26.4. The number of carbonyl (C=O) groups is 4. The molecule has 0 saturated heterocycles. The number of fused-ring (bicyclic) bond motifs is 3. The second kappa shape index (κ2) is 10.0. The van der Waals surface area contributed by atoms with E-state index in [9.17, 15) is 39.6 Å². The minimum Gasteiger partial charge on any atom is -0.508 e. The van der Waals surface area contributed by atoms with E-state index in [4.69, 9.17) is 10.5 Å². The van der Waals surface area contributed by atoms with Crippen molar-refractivity contribution in [2.75, 3.05) is 20.7 Å². The summed E-state index contributed by atoms with van der Waals surface area (Å²) >= 11 is 0. The van der Waals surface area contributed by atoms with Gasteiger partial charge >= 0.3 is 5.97 Å². The molecular weight excluding hydrogens is 520 g/mol. The summed E-state index contributed by atoms with van der Waals surface area (Å²) < 4.78 is 5.35. The second-order valence-electron chi connectivity index (χ2n) is 12.3. The number of nitrogens with two attached hydrogens (primary N) is 1. The highest BCUT2D eigenvalue weighted by Gasteiger charge is 2.64. The molecule has 4 rings (SSSR count). The number of Topliss-reactive ketones (excluding diaryl/α,β-unsaturated/α-hetero) is 2. The summed E-state index contributed by atoms with van der Waals surface area (Å²) in [5.41, 5.74) is 2.59. The molecule has 11 heteroatoms. The molecule has 1 saturated carbocycles. The third-order valence-corrected chi connectivity index (χ3v) is 7.97. The van der Waals surface area contributed by atoms with Crippen molar-refractivity contribution in [2.45, 2.75) is 58.1 Å². The number of carbonyl (C=O) groups excluding carboxylic acids is 4. The molecule has 1 aromatic carbocycles. The molecular formula is C29H36N2O9. The number of ether oxygens (including phenoxy) is 1. The molecule has 4 atom stereocenters. The van der Waals surface area contributed by atoms with Gasteiger partial charge in [-0.3, -0.25) is 24.1 Å². The number of benzene rings is 1. The lowest BCUT2D eigenvalue weighted by Crippen LogP contribution is -2.65. The van der Waals surface area contributed by atoms with Crippen LogP contribution >= 0.6 is 0 Å². The number of amides is 1. The van der Waals surface area contributed by atoms with Crippen LogP contribution in [0.15, 0.2) is 29.0 Å². The number of aliphatic hydroxyl groups is 3. The van der Waals surface area contributed by atoms with E-state index in [2.05, 4.69) is 0 Å². The molecule has 1 fully saturated rings. The fraction of sp³-hybridized carbons (Fsp3) is 0.517. The smallest absolute Gasteiger partial charge is 0.306 e. The largest absolute Gasteiger partial charge is 0.508 e. The maximum Gasteiger partial charge on any atom is 0.306 e. The molecule has 3 aliphatic rings. The van der Waals surface area contributed by atoms with Crippen LogP contribution < -0.4 is 5.73 Å². The highest BCUT2D eigenvalue weighted by Crippen LogP contribution is 2.53. The molecule has 0 aliphatic heterocycles. The number of aromatic hydroxyl groups is 1. The van der Waals surface area contributed by atoms with Crippen LogP contribution in [0.2, 0.25) is 0 Å². The zero-order chi connectivity index (χ0) is 29.9. The lowest BCUT2D eigenvalue weighted by atomic mass is 9.57. The zero-order valence-corrected chi connectivity index (χ0v) is 23.3. The summed E-state index contributed by atoms with van der Waals surface area (Å²) in [4.78, 5) is 52.9. The monoisotopic (exact) mass is 556 g/mol. The fourth-order valence-corrected chi connectivity index (χ4v) is 6.15. The summed E-state index contributed by atoms with van der Waals surface area (Å²) in [7, 11) is 3.09. The number of hydrogen-bond acceptors (Lipinski definition) is 10. The van der Waals surface area contributed by atoms with E-state index in [0.717, 1.165) is 0 Å². The van der Waals surface area contributed by atoms with E-state index >= 15 is 0 Å². The van der Waals surface area contributed by atoms with Gasteiger partial charge in [-0.1, -0.05) is 26.8 Å². The highest BCUT2D eigenvalue weighted by atomic mass is 16.5. The molecule has 1 amide bonds. The number of aliphatic hydroxyl groups excluding tert-OH is 2. The number of phenols is 1. The number of hydrogen-bond donors (Lipinski definition) is 5. The summed E-state index contributed by atoms with van der Waals surface area (Å²) in [5.74, 6) is -7.39. The van der Waals surface area contributed by atoms with Gasteiger partial charge in [0, 0.05) is 17.9 Å². The predicted octanol–water partition coefficient (Wildman–Crippen LogP) is 1.49. The number of phenolic OH excluding ortho intramolecular Hbond substituents is 1. The molecule has 4 unspecified atom stereocenters. The summed E-state index contributed by atoms with van der Waals surface area (Å²) in [6, 6.07) is 1.84. The first kappa shape index (κ1) is 29.3. The minimum absolute atomic E-state index is 0.00292. The molecule has 216 valence electrons. The molecule has 0 bridgehead atoms. The Morgan fingerprint density at radius 3 is 2.38 bits per heavy atom. The van der Waals surface area contributed by atoms with E-state index < -0.39 is 64.0 Å². The standard InChI is InChI=1S/C29H36N2O9/c1-28(2,3)12-40-18(33)9-7-13-6-8-17(32)20-15(13)10-14-11-16-22(31(4)5)24(35)21(27(30)38)26(37)29(16,39)25(36)19(14)23(20)34/h6,8,14,16,22,32,34,37,39H,7,9-12H2,1-5H3,(H2,30,38). The van der Waals surface area contributed by atoms with Gasteiger partial charge in [0.05, 0.1) is 18.2 Å². The van der Waals surface area contributed by atoms with Gasteiger partial charge in [0.1, 0.15) is 22.8 Å². The minimum atomic E-state index is -2.69. The lowest BCUT2D eigenvalue weighted by Gasteiger charge is -2.50. The molecule has 11 nitrogen and oxygen atoms in total. The van der Waals surface area contributed by atoms with Crippen molar-refractivity contribution < 1.29 is 44.3 Å². The first-order valence-electron chi connectivity index (χ1n) is 13.1. The first-order chi connectivity index (χ1) is 18.5. The quantitative estimate of drug-likeness (QED) is 0.254. The molecule has 0 aromatic heterocycles. The van der Waals surface area contributed by atoms with Gasteiger partial charge in [0.15, 0.2) is 11.4 Å². The number of nitrogens with zero attached hydrogens (tertiary/aromatic N) is 1. The second-order valence-corrected chi connectivity index (χ2v) is 12.3. The predicted molar refractivity (Wildman–Crippen MR) is 143 cm³/mol. The Balaban J connectivity index is 1.77. The molecule has 1 aromatic rings. The SMILES string of the molecule is CN(C)C1C(=O)C(C(N)=O)=C(O)C2(O)C(=O)C3=C(O)c4c(O)ccc(CCC(=O)OCC(C)(C)C)c4CC3CC12. The van der Waals surface area contributed by atoms with E-state index in [1.807, 2.05) is 20.8 Å². The van der Waals surface area contributed by atoms with Crippen LogP contribution in [0.25, 0.3) is 5.76 Å². The van der Waals surface area contributed by atoms with Crippen LogP contribution in [0.3, 0.4) is 0 Å². The van der Waals surface area contributed by atoms with Crippen LogP contribution in [0.4, 0.5) is 0 Å². The van der Waals surface area contributed by atoms with Gasteiger partial charge in [-0.15, -0.1) is 0 Å². The number of aryl methyl sites for hydroxylation is 1. The van der Waals surface area contributed by atoms with E-state index in [-0.39, 0.29) is 54.6 Å². The fourth-order valence-electron chi connectivity index (χ4n) is 6.15. The number of primary amides is 1. The topological polar surface area (TPSA) is 188 Å². The lowest BCUT2D eigenvalue weighted by molar-refractivity contribution is -0.153. The van der Waals surface area contributed by atoms with Crippen molar-refractivity contribution in [1.29, 1.82) is 0 Å². The van der Waals surface area contributed by atoms with Gasteiger partial charge in [-0.05, 0) is 61.9 Å².